The summed E-state index contributed by atoms with van der Waals surface area (Å²) in [5.41, 5.74) is 5.54. The number of rotatable bonds is 5. The van der Waals surface area contributed by atoms with Crippen LogP contribution in [0, 0.1) is 0 Å². The van der Waals surface area contributed by atoms with E-state index in [-0.39, 0.29) is 11.7 Å². The zero-order chi connectivity index (χ0) is 19.5. The molecule has 1 aliphatic carbocycles. The molecule has 28 heavy (non-hydrogen) atoms. The maximum atomic E-state index is 13.2. The zero-order valence-electron chi connectivity index (χ0n) is 15.5. The molecule has 1 aliphatic rings. The van der Waals surface area contributed by atoms with E-state index in [1.807, 2.05) is 36.4 Å². The van der Waals surface area contributed by atoms with Gasteiger partial charge in [-0.05, 0) is 5.56 Å². The summed E-state index contributed by atoms with van der Waals surface area (Å²) in [6.45, 7) is 0.543. The summed E-state index contributed by atoms with van der Waals surface area (Å²) in [4.78, 5) is 13.2. The Morgan fingerprint density at radius 1 is 0.964 bits per heavy atom. The molecule has 3 aromatic rings. The van der Waals surface area contributed by atoms with Crippen molar-refractivity contribution in [3.8, 4) is 5.75 Å². The molecule has 0 amide bonds. The third kappa shape index (κ3) is 4.50. The summed E-state index contributed by atoms with van der Waals surface area (Å²) < 4.78 is 8.34. The number of fused-ring (bicyclic) bond motifs is 1. The van der Waals surface area contributed by atoms with Gasteiger partial charge in [-0.3, -0.25) is 0 Å². The van der Waals surface area contributed by atoms with Crippen molar-refractivity contribution in [3.05, 3.63) is 95.1 Å². The molecule has 3 aromatic carbocycles. The van der Waals surface area contributed by atoms with Crippen LogP contribution in [-0.4, -0.2) is 57.9 Å². The summed E-state index contributed by atoms with van der Waals surface area (Å²) in [6, 6.07) is 24.6. The molecular weight excluding hydrogens is 731 g/mol. The second-order valence-electron chi connectivity index (χ2n) is 7.05. The first-order valence-corrected chi connectivity index (χ1v) is 13.4. The number of carbonyl (C=O) groups is 1. The van der Waals surface area contributed by atoms with E-state index in [1.54, 1.807) is 0 Å². The van der Waals surface area contributed by atoms with Gasteiger partial charge in [0.1, 0.15) is 0 Å². The topological polar surface area (TPSA) is 29.5 Å². The molecule has 0 N–H and O–H groups in total. The minimum atomic E-state index is -0.0292. The molecule has 0 spiro atoms. The standard InChI is InChI=1S/C23H19NO2.2Tl/c24-19-8-4-7-17(13-19)21-11-9-18-14-20(10-12-22(18)23(21)25)26-15-16-5-2-1-3-6-16;;/h1-8,10,12-14,21H,9,11,15H2;;. The van der Waals surface area contributed by atoms with Crippen molar-refractivity contribution >= 4 is 63.6 Å². The van der Waals surface area contributed by atoms with Gasteiger partial charge in [0.05, 0.1) is 0 Å². The van der Waals surface area contributed by atoms with Crippen molar-refractivity contribution in [2.45, 2.75) is 25.4 Å². The van der Waals surface area contributed by atoms with E-state index in [0.717, 1.165) is 93.0 Å². The van der Waals surface area contributed by atoms with E-state index in [4.69, 9.17) is 4.74 Å². The SMILES string of the molecule is O=C1c2ccc(OCc3ccccc3)cc2CCC1c1cccc([N]([Tl])[Tl])c1. The number of nitrogens with zero attached hydrogens (tertiary/aromatic N) is 1. The molecule has 0 aromatic heterocycles. The van der Waals surface area contributed by atoms with Crippen LogP contribution in [-0.2, 0) is 13.0 Å². The Morgan fingerprint density at radius 2 is 1.79 bits per heavy atom. The number of benzene rings is 3. The molecule has 0 fully saturated rings. The van der Waals surface area contributed by atoms with E-state index < -0.39 is 0 Å². The maximum absolute atomic E-state index is 13.2. The molecule has 1 atom stereocenters. The second kappa shape index (κ2) is 9.06. The number of ketones is 1. The summed E-state index contributed by atoms with van der Waals surface area (Å²) in [5.74, 6) is 1.05. The zero-order valence-corrected chi connectivity index (χ0v) is 24.5. The van der Waals surface area contributed by atoms with Crippen LogP contribution in [0.4, 0.5) is 5.69 Å². The molecular formula is C23H19NO2Tl2. The predicted molar refractivity (Wildman–Crippen MR) is 113 cm³/mol. The van der Waals surface area contributed by atoms with Crippen molar-refractivity contribution in [1.29, 1.82) is 0 Å². The molecule has 0 heterocycles. The number of hydrogen-bond donors (Lipinski definition) is 0. The Morgan fingerprint density at radius 3 is 2.57 bits per heavy atom. The van der Waals surface area contributed by atoms with Crippen LogP contribution in [0.1, 0.15) is 39.4 Å². The minimum absolute atomic E-state index is 0.0292. The van der Waals surface area contributed by atoms with Gasteiger partial charge in [0, 0.05) is 0 Å². The van der Waals surface area contributed by atoms with Crippen molar-refractivity contribution in [1.82, 2.24) is 0 Å². The van der Waals surface area contributed by atoms with E-state index >= 15 is 0 Å². The van der Waals surface area contributed by atoms with Gasteiger partial charge in [-0.25, -0.2) is 0 Å². The first kappa shape index (κ1) is 20.1. The summed E-state index contributed by atoms with van der Waals surface area (Å²) in [7, 11) is 0. The van der Waals surface area contributed by atoms with Gasteiger partial charge in [0.2, 0.25) is 0 Å². The van der Waals surface area contributed by atoms with Gasteiger partial charge in [-0.2, -0.15) is 0 Å². The van der Waals surface area contributed by atoms with Gasteiger partial charge in [0.25, 0.3) is 0 Å². The molecule has 0 aliphatic heterocycles. The first-order chi connectivity index (χ1) is 13.6. The fraction of sp³-hybridized carbons (Fsp3) is 0.174. The Balaban J connectivity index is 1.52. The molecule has 4 rings (SSSR count). The molecule has 0 saturated carbocycles. The Hall–Kier alpha value is -1.23. The van der Waals surface area contributed by atoms with Crippen molar-refractivity contribution in [2.24, 2.45) is 0 Å². The molecule has 5 heteroatoms. The molecule has 0 radical (unpaired) electrons. The quantitative estimate of drug-likeness (QED) is 0.368. The second-order valence-corrected chi connectivity index (χ2v) is 20.4. The molecule has 0 bridgehead atoms. The van der Waals surface area contributed by atoms with Crippen LogP contribution >= 0.6 is 0 Å². The van der Waals surface area contributed by atoms with Gasteiger partial charge in [-0.1, -0.05) is 30.3 Å². The number of anilines is 1. The van der Waals surface area contributed by atoms with Crippen LogP contribution in [0.3, 0.4) is 0 Å². The van der Waals surface area contributed by atoms with Gasteiger partial charge < -0.3 is 0 Å². The van der Waals surface area contributed by atoms with Crippen LogP contribution in [0.5, 0.6) is 5.75 Å². The third-order valence-corrected chi connectivity index (χ3v) is 7.50. The number of aryl methyl sites for hydroxylation is 1. The fourth-order valence-electron chi connectivity index (χ4n) is 3.69. The number of carbonyl (C=O) groups excluding carboxylic acids is 1. The van der Waals surface area contributed by atoms with Crippen LogP contribution < -0.4 is 5.26 Å². The van der Waals surface area contributed by atoms with Crippen LogP contribution in [0.25, 0.3) is 0 Å². The van der Waals surface area contributed by atoms with Crippen molar-refractivity contribution in [3.63, 3.8) is 0 Å². The van der Waals surface area contributed by atoms with E-state index in [9.17, 15) is 4.79 Å². The Labute approximate surface area is 198 Å². The number of hydrogen-bond acceptors (Lipinski definition) is 3. The molecule has 0 saturated heterocycles. The van der Waals surface area contributed by atoms with Crippen molar-refractivity contribution < 1.29 is 9.53 Å². The van der Waals surface area contributed by atoms with E-state index in [1.165, 1.54) is 5.69 Å². The number of ether oxygens (including phenoxy) is 1. The normalized spacial score (nSPS) is 15.6. The summed E-state index contributed by atoms with van der Waals surface area (Å²) >= 11 is 1.64. The van der Waals surface area contributed by atoms with E-state index in [2.05, 4.69) is 36.9 Å². The Kier molecular flexibility index (Phi) is 6.50. The van der Waals surface area contributed by atoms with Crippen LogP contribution in [0.15, 0.2) is 72.8 Å². The predicted octanol–water partition coefficient (Wildman–Crippen LogP) is 4.15. The third-order valence-electron chi connectivity index (χ3n) is 5.18. The Bertz CT molecular complexity index is 989. The first-order valence-electron chi connectivity index (χ1n) is 9.35. The van der Waals surface area contributed by atoms with E-state index in [0.29, 0.717) is 6.61 Å². The summed E-state index contributed by atoms with van der Waals surface area (Å²) in [5, 5.41) is 0. The van der Waals surface area contributed by atoms with Crippen LogP contribution in [0.2, 0.25) is 0 Å². The van der Waals surface area contributed by atoms with Gasteiger partial charge >= 0.3 is 164 Å². The summed E-state index contributed by atoms with van der Waals surface area (Å²) in [6.07, 6.45) is 1.78. The molecule has 134 valence electrons. The van der Waals surface area contributed by atoms with Gasteiger partial charge in [0.15, 0.2) is 0 Å². The van der Waals surface area contributed by atoms with Gasteiger partial charge in [-0.15, -0.1) is 0 Å². The fourth-order valence-corrected chi connectivity index (χ4v) is 4.94. The molecule has 3 nitrogen and oxygen atoms in total. The molecule has 1 unspecified atom stereocenters. The average Bonchev–Trinajstić information content (AvgIpc) is 2.73. The number of Topliss-reactive ketones (excluding diaryl/α,β-unsaturated/α-hetero) is 1. The average molecular weight is 750 g/mol. The monoisotopic (exact) mass is 751 g/mol. The van der Waals surface area contributed by atoms with Crippen molar-refractivity contribution in [2.75, 3.05) is 0.519 Å².